The van der Waals surface area contributed by atoms with Gasteiger partial charge in [-0.05, 0) is 12.8 Å². The summed E-state index contributed by atoms with van der Waals surface area (Å²) in [6.45, 7) is 0. The van der Waals surface area contributed by atoms with Crippen LogP contribution in [0.2, 0.25) is 0 Å². The fourth-order valence-electron chi connectivity index (χ4n) is 2.21. The molecule has 1 aromatic rings. The van der Waals surface area contributed by atoms with Crippen LogP contribution in [0.4, 0.5) is 0 Å². The Hall–Kier alpha value is -1.52. The summed E-state index contributed by atoms with van der Waals surface area (Å²) in [4.78, 5) is 4.11. The molecule has 1 heterocycles. The summed E-state index contributed by atoms with van der Waals surface area (Å²) in [6, 6.07) is 0.455. The van der Waals surface area contributed by atoms with Crippen molar-refractivity contribution in [3.63, 3.8) is 0 Å². The van der Waals surface area contributed by atoms with Gasteiger partial charge in [0, 0.05) is 18.4 Å². The van der Waals surface area contributed by atoms with Gasteiger partial charge in [-0.15, -0.1) is 0 Å². The summed E-state index contributed by atoms with van der Waals surface area (Å²) >= 11 is 0. The number of rotatable bonds is 2. The molecule has 2 rings (SSSR count). The van der Waals surface area contributed by atoms with Crippen LogP contribution in [0.5, 0.6) is 0 Å². The van der Waals surface area contributed by atoms with Gasteiger partial charge in [-0.3, -0.25) is 0 Å². The quantitative estimate of drug-likeness (QED) is 0.334. The fourth-order valence-corrected chi connectivity index (χ4v) is 2.21. The number of hydrogen-bond acceptors (Lipinski definition) is 3. The molecule has 0 bridgehead atoms. The lowest BCUT2D eigenvalue weighted by Gasteiger charge is -2.24. The molecule has 5 nitrogen and oxygen atoms in total. The predicted molar refractivity (Wildman–Crippen MR) is 56.9 cm³/mol. The van der Waals surface area contributed by atoms with E-state index in [1.165, 1.54) is 19.3 Å². The highest BCUT2D eigenvalue weighted by Gasteiger charge is 2.19. The number of aromatic nitrogens is 2. The second-order valence-corrected chi connectivity index (χ2v) is 3.94. The van der Waals surface area contributed by atoms with E-state index in [4.69, 9.17) is 10.9 Å². The minimum absolute atomic E-state index is 0.0885. The second kappa shape index (κ2) is 4.33. The lowest BCUT2D eigenvalue weighted by atomic mass is 9.95. The van der Waals surface area contributed by atoms with Crippen LogP contribution >= 0.6 is 0 Å². The summed E-state index contributed by atoms with van der Waals surface area (Å²) < 4.78 is 2.02. The standard InChI is InChI=1S/C10H16N4O/c11-9(13-15)10-12-6-7-14(10)8-4-2-1-3-5-8/h6-8,15H,1-5H2,(H2,11,13). The molecule has 0 aromatic carbocycles. The zero-order chi connectivity index (χ0) is 10.7. The van der Waals surface area contributed by atoms with Crippen LogP contribution in [0.15, 0.2) is 17.5 Å². The van der Waals surface area contributed by atoms with Gasteiger partial charge in [0.2, 0.25) is 5.84 Å². The summed E-state index contributed by atoms with van der Waals surface area (Å²) in [5.74, 6) is 0.662. The Labute approximate surface area is 88.6 Å². The minimum Gasteiger partial charge on any atom is -0.409 e. The van der Waals surface area contributed by atoms with Crippen molar-refractivity contribution in [1.29, 1.82) is 0 Å². The van der Waals surface area contributed by atoms with Crippen molar-refractivity contribution in [2.75, 3.05) is 0 Å². The van der Waals surface area contributed by atoms with E-state index in [0.717, 1.165) is 12.8 Å². The normalized spacial score (nSPS) is 19.3. The molecule has 1 aromatic heterocycles. The highest BCUT2D eigenvalue weighted by atomic mass is 16.4. The highest BCUT2D eigenvalue weighted by Crippen LogP contribution is 2.28. The molecule has 0 unspecified atom stereocenters. The van der Waals surface area contributed by atoms with Crippen molar-refractivity contribution >= 4 is 5.84 Å². The SMILES string of the molecule is NC(=NO)c1nccn1C1CCCCC1. The first-order valence-corrected chi connectivity index (χ1v) is 5.33. The summed E-state index contributed by atoms with van der Waals surface area (Å²) in [5, 5.41) is 11.6. The van der Waals surface area contributed by atoms with Gasteiger partial charge >= 0.3 is 0 Å². The van der Waals surface area contributed by atoms with Gasteiger partial charge < -0.3 is 15.5 Å². The van der Waals surface area contributed by atoms with Crippen LogP contribution in [0, 0.1) is 0 Å². The highest BCUT2D eigenvalue weighted by molar-refractivity contribution is 5.93. The average molecular weight is 208 g/mol. The Balaban J connectivity index is 2.23. The molecular formula is C10H16N4O. The lowest BCUT2D eigenvalue weighted by Crippen LogP contribution is -2.23. The largest absolute Gasteiger partial charge is 0.409 e. The smallest absolute Gasteiger partial charge is 0.206 e. The maximum Gasteiger partial charge on any atom is 0.206 e. The first-order valence-electron chi connectivity index (χ1n) is 5.33. The van der Waals surface area contributed by atoms with Crippen molar-refractivity contribution in [3.8, 4) is 0 Å². The van der Waals surface area contributed by atoms with E-state index < -0.39 is 0 Å². The van der Waals surface area contributed by atoms with Gasteiger partial charge in [-0.1, -0.05) is 24.4 Å². The third-order valence-electron chi connectivity index (χ3n) is 2.97. The van der Waals surface area contributed by atoms with Crippen LogP contribution in [-0.4, -0.2) is 20.6 Å². The van der Waals surface area contributed by atoms with Gasteiger partial charge in [0.05, 0.1) is 0 Å². The van der Waals surface area contributed by atoms with E-state index in [9.17, 15) is 0 Å². The molecular weight excluding hydrogens is 192 g/mol. The Morgan fingerprint density at radius 2 is 2.20 bits per heavy atom. The average Bonchev–Trinajstić information content (AvgIpc) is 2.78. The molecule has 1 aliphatic carbocycles. The molecule has 5 heteroatoms. The molecule has 0 amide bonds. The maximum atomic E-state index is 8.64. The van der Waals surface area contributed by atoms with Gasteiger partial charge in [-0.2, -0.15) is 0 Å². The fraction of sp³-hybridized carbons (Fsp3) is 0.600. The zero-order valence-electron chi connectivity index (χ0n) is 8.63. The first kappa shape index (κ1) is 10.0. The van der Waals surface area contributed by atoms with Gasteiger partial charge in [0.1, 0.15) is 0 Å². The molecule has 1 fully saturated rings. The third kappa shape index (κ3) is 1.95. The van der Waals surface area contributed by atoms with Gasteiger partial charge in [-0.25, -0.2) is 4.98 Å². The second-order valence-electron chi connectivity index (χ2n) is 3.94. The Kier molecular flexibility index (Phi) is 2.89. The van der Waals surface area contributed by atoms with Crippen LogP contribution in [0.25, 0.3) is 0 Å². The van der Waals surface area contributed by atoms with E-state index in [1.807, 2.05) is 10.8 Å². The van der Waals surface area contributed by atoms with Crippen molar-refractivity contribution in [3.05, 3.63) is 18.2 Å². The van der Waals surface area contributed by atoms with E-state index in [1.54, 1.807) is 6.20 Å². The van der Waals surface area contributed by atoms with Crippen molar-refractivity contribution < 1.29 is 5.21 Å². The van der Waals surface area contributed by atoms with E-state index in [0.29, 0.717) is 11.9 Å². The Bertz CT molecular complexity index is 352. The van der Waals surface area contributed by atoms with Crippen LogP contribution in [0.3, 0.4) is 0 Å². The summed E-state index contributed by atoms with van der Waals surface area (Å²) in [6.07, 6.45) is 9.72. The van der Waals surface area contributed by atoms with E-state index in [2.05, 4.69) is 10.1 Å². The molecule has 1 aliphatic rings. The number of hydrogen-bond donors (Lipinski definition) is 2. The number of oxime groups is 1. The minimum atomic E-state index is 0.0885. The molecule has 0 radical (unpaired) electrons. The molecule has 0 saturated heterocycles. The third-order valence-corrected chi connectivity index (χ3v) is 2.97. The molecule has 3 N–H and O–H groups in total. The Morgan fingerprint density at radius 1 is 1.47 bits per heavy atom. The molecule has 1 saturated carbocycles. The van der Waals surface area contributed by atoms with Crippen LogP contribution in [0.1, 0.15) is 44.0 Å². The van der Waals surface area contributed by atoms with Crippen LogP contribution in [-0.2, 0) is 0 Å². The summed E-state index contributed by atoms with van der Waals surface area (Å²) in [5.41, 5.74) is 5.56. The van der Waals surface area contributed by atoms with Crippen molar-refractivity contribution in [1.82, 2.24) is 9.55 Å². The predicted octanol–water partition coefficient (Wildman–Crippen LogP) is 1.48. The molecule has 15 heavy (non-hydrogen) atoms. The number of nitrogens with zero attached hydrogens (tertiary/aromatic N) is 3. The van der Waals surface area contributed by atoms with E-state index in [-0.39, 0.29) is 5.84 Å². The monoisotopic (exact) mass is 208 g/mol. The molecule has 82 valence electrons. The molecule has 0 spiro atoms. The maximum absolute atomic E-state index is 8.64. The molecule has 0 atom stereocenters. The summed E-state index contributed by atoms with van der Waals surface area (Å²) in [7, 11) is 0. The number of imidazole rings is 1. The Morgan fingerprint density at radius 3 is 2.87 bits per heavy atom. The lowest BCUT2D eigenvalue weighted by molar-refractivity contribution is 0.316. The zero-order valence-corrected chi connectivity index (χ0v) is 8.63. The van der Waals surface area contributed by atoms with Gasteiger partial charge in [0.25, 0.3) is 0 Å². The number of nitrogens with two attached hydrogens (primary N) is 1. The number of amidine groups is 1. The van der Waals surface area contributed by atoms with Crippen molar-refractivity contribution in [2.45, 2.75) is 38.1 Å². The van der Waals surface area contributed by atoms with Crippen molar-refractivity contribution in [2.24, 2.45) is 10.9 Å². The van der Waals surface area contributed by atoms with Gasteiger partial charge in [0.15, 0.2) is 5.82 Å². The van der Waals surface area contributed by atoms with E-state index >= 15 is 0 Å². The molecule has 0 aliphatic heterocycles. The topological polar surface area (TPSA) is 76.4 Å². The first-order chi connectivity index (χ1) is 7.33. The van der Waals surface area contributed by atoms with Crippen LogP contribution < -0.4 is 5.73 Å².